The second-order valence-corrected chi connectivity index (χ2v) is 11.1. The molecule has 0 fully saturated rings. The summed E-state index contributed by atoms with van der Waals surface area (Å²) in [6, 6.07) is 12.6. The molecule has 0 radical (unpaired) electrons. The highest BCUT2D eigenvalue weighted by atomic mass is 32.2. The van der Waals surface area contributed by atoms with E-state index in [1.807, 2.05) is 13.0 Å². The molecule has 0 saturated carbocycles. The van der Waals surface area contributed by atoms with Crippen LogP contribution in [0, 0.1) is 0 Å². The molecule has 0 aromatic heterocycles. The second kappa shape index (κ2) is 10.3. The minimum atomic E-state index is -4.98. The lowest BCUT2D eigenvalue weighted by molar-refractivity contribution is -0.432. The molecule has 12 nitrogen and oxygen atoms in total. The van der Waals surface area contributed by atoms with Crippen LogP contribution in [-0.4, -0.2) is 36.3 Å². The summed E-state index contributed by atoms with van der Waals surface area (Å²) in [6.45, 7) is 1.96. The molecule has 194 valence electrons. The van der Waals surface area contributed by atoms with E-state index in [-0.39, 0.29) is 27.1 Å². The number of azo groups is 1. The van der Waals surface area contributed by atoms with E-state index in [9.17, 15) is 31.0 Å². The van der Waals surface area contributed by atoms with Crippen LogP contribution in [0.5, 0.6) is 5.75 Å². The van der Waals surface area contributed by atoms with Gasteiger partial charge in [0, 0.05) is 16.2 Å². The Morgan fingerprint density at radius 3 is 2.27 bits per heavy atom. The van der Waals surface area contributed by atoms with Gasteiger partial charge >= 0.3 is 0 Å². The van der Waals surface area contributed by atoms with Crippen molar-refractivity contribution in [2.45, 2.75) is 28.0 Å². The van der Waals surface area contributed by atoms with Gasteiger partial charge in [-0.15, -0.1) is 14.6 Å². The van der Waals surface area contributed by atoms with Crippen molar-refractivity contribution in [3.63, 3.8) is 0 Å². The normalized spacial score (nSPS) is 12.6. The summed E-state index contributed by atoms with van der Waals surface area (Å²) in [4.78, 5) is -1.20. The van der Waals surface area contributed by atoms with Crippen molar-refractivity contribution in [3.05, 3.63) is 60.2 Å². The zero-order chi connectivity index (χ0) is 27.0. The fourth-order valence-electron chi connectivity index (χ4n) is 3.80. The zero-order valence-electron chi connectivity index (χ0n) is 18.8. The summed E-state index contributed by atoms with van der Waals surface area (Å²) in [5.74, 6) is -0.337. The predicted octanol–water partition coefficient (Wildman–Crippen LogP) is 5.60. The number of hydrogen-bond donors (Lipinski definition) is 4. The van der Waals surface area contributed by atoms with Gasteiger partial charge in [-0.3, -0.25) is 9.11 Å². The van der Waals surface area contributed by atoms with E-state index < -0.39 is 35.7 Å². The van der Waals surface area contributed by atoms with Crippen molar-refractivity contribution in [2.24, 2.45) is 10.2 Å². The number of aryl methyl sites for hydroxylation is 1. The van der Waals surface area contributed by atoms with E-state index in [4.69, 9.17) is 5.26 Å². The Morgan fingerprint density at radius 2 is 1.62 bits per heavy atom. The maximum Gasteiger partial charge on any atom is 0.297 e. The maximum absolute atomic E-state index is 12.3. The minimum Gasteiger partial charge on any atom is -0.505 e. The van der Waals surface area contributed by atoms with Gasteiger partial charge in [-0.2, -0.15) is 16.8 Å². The Balaban J connectivity index is 1.95. The molecule has 0 amide bonds. The first-order valence-corrected chi connectivity index (χ1v) is 13.9. The highest BCUT2D eigenvalue weighted by Gasteiger charge is 2.24. The number of rotatable bonds is 8. The van der Waals surface area contributed by atoms with E-state index in [1.165, 1.54) is 18.2 Å². The fraction of sp³-hybridized carbons (Fsp3) is 0.0909. The van der Waals surface area contributed by atoms with Gasteiger partial charge in [0.2, 0.25) is 0 Å². The van der Waals surface area contributed by atoms with Crippen LogP contribution >= 0.6 is 12.0 Å². The largest absolute Gasteiger partial charge is 0.505 e. The molecule has 0 aliphatic heterocycles. The van der Waals surface area contributed by atoms with Gasteiger partial charge in [0.1, 0.15) is 21.2 Å². The molecule has 0 aliphatic carbocycles. The molecule has 0 aliphatic rings. The third-order valence-corrected chi connectivity index (χ3v) is 7.90. The lowest BCUT2D eigenvalue weighted by atomic mass is 10.0. The number of phenols is 1. The van der Waals surface area contributed by atoms with E-state index in [0.717, 1.165) is 24.1 Å². The van der Waals surface area contributed by atoms with Gasteiger partial charge in [0.05, 0.1) is 16.9 Å². The van der Waals surface area contributed by atoms with Crippen molar-refractivity contribution in [2.75, 3.05) is 0 Å². The van der Waals surface area contributed by atoms with Crippen LogP contribution in [0.15, 0.2) is 79.5 Å². The topological polar surface area (TPSA) is 192 Å². The fourth-order valence-corrected chi connectivity index (χ4v) is 5.83. The van der Waals surface area contributed by atoms with Crippen LogP contribution in [0.3, 0.4) is 0 Å². The van der Waals surface area contributed by atoms with Gasteiger partial charge in [0.25, 0.3) is 20.2 Å². The third kappa shape index (κ3) is 5.43. The summed E-state index contributed by atoms with van der Waals surface area (Å²) in [5.41, 5.74) is 0.417. The molecule has 0 saturated heterocycles. The quantitative estimate of drug-likeness (QED) is 0.0682. The number of fused-ring (bicyclic) bond motifs is 2. The van der Waals surface area contributed by atoms with Gasteiger partial charge in [-0.25, -0.2) is 5.26 Å². The van der Waals surface area contributed by atoms with Gasteiger partial charge in [0.15, 0.2) is 5.75 Å². The zero-order valence-corrected chi connectivity index (χ0v) is 21.2. The number of hydrogen-bond acceptors (Lipinski definition) is 11. The standard InChI is InChI=1S/C22H18N2O10S3/c1-2-12-6-7-14-13(10-12)11-18(35-34-33-26)20(21(14)25)24-23-17-9-8-15-16(22(17)37(30,31)32)4-3-5-19(15)36(27,28)29/h3-11,25-26H,2H2,1H3,(H,27,28,29)(H,30,31,32). The Hall–Kier alpha value is -3.15. The first-order chi connectivity index (χ1) is 17.5. The average molecular weight is 567 g/mol. The Kier molecular flexibility index (Phi) is 7.50. The summed E-state index contributed by atoms with van der Waals surface area (Å²) < 4.78 is 72.0. The molecule has 4 rings (SSSR count). The smallest absolute Gasteiger partial charge is 0.297 e. The first-order valence-electron chi connectivity index (χ1n) is 10.3. The van der Waals surface area contributed by atoms with E-state index in [0.29, 0.717) is 22.8 Å². The van der Waals surface area contributed by atoms with Crippen LogP contribution in [0.25, 0.3) is 21.5 Å². The summed E-state index contributed by atoms with van der Waals surface area (Å²) in [5, 5.41) is 31.6. The summed E-state index contributed by atoms with van der Waals surface area (Å²) in [7, 11) is -9.70. The highest BCUT2D eigenvalue weighted by Crippen LogP contribution is 2.45. The number of nitrogens with zero attached hydrogens (tertiary/aromatic N) is 2. The van der Waals surface area contributed by atoms with E-state index >= 15 is 0 Å². The van der Waals surface area contributed by atoms with Gasteiger partial charge < -0.3 is 5.11 Å². The summed E-state index contributed by atoms with van der Waals surface area (Å²) >= 11 is 0.494. The summed E-state index contributed by atoms with van der Waals surface area (Å²) in [6.07, 6.45) is 0.733. The van der Waals surface area contributed by atoms with E-state index in [2.05, 4.69) is 19.6 Å². The highest BCUT2D eigenvalue weighted by molar-refractivity contribution is 7.94. The lowest BCUT2D eigenvalue weighted by Gasteiger charge is -2.11. The van der Waals surface area contributed by atoms with Crippen LogP contribution in [0.1, 0.15) is 12.5 Å². The van der Waals surface area contributed by atoms with Crippen LogP contribution < -0.4 is 0 Å². The predicted molar refractivity (Wildman–Crippen MR) is 133 cm³/mol. The van der Waals surface area contributed by atoms with Gasteiger partial charge in [-0.05, 0) is 35.6 Å². The second-order valence-electron chi connectivity index (χ2n) is 7.62. The maximum atomic E-state index is 12.3. The third-order valence-electron chi connectivity index (χ3n) is 5.42. The van der Waals surface area contributed by atoms with Crippen molar-refractivity contribution in [3.8, 4) is 5.75 Å². The molecule has 4 N–H and O–H groups in total. The van der Waals surface area contributed by atoms with E-state index in [1.54, 1.807) is 18.2 Å². The molecular formula is C22H18N2O10S3. The molecule has 15 heteroatoms. The lowest BCUT2D eigenvalue weighted by Crippen LogP contribution is -2.03. The SMILES string of the molecule is CCc1ccc2c(O)c(N=Nc3ccc4c(S(=O)(=O)O)cccc4c3S(=O)(=O)O)c(SOOO)cc2c1. The molecule has 0 atom stereocenters. The molecule has 0 bridgehead atoms. The Labute approximate surface area is 214 Å². The molecule has 4 aromatic carbocycles. The van der Waals surface area contributed by atoms with Crippen LogP contribution in [0.2, 0.25) is 0 Å². The average Bonchev–Trinajstić information content (AvgIpc) is 2.84. The van der Waals surface area contributed by atoms with Gasteiger partial charge in [-0.1, -0.05) is 48.4 Å². The first kappa shape index (κ1) is 26.9. The Morgan fingerprint density at radius 1 is 0.892 bits per heavy atom. The molecular weight excluding hydrogens is 548 g/mol. The number of aromatic hydroxyl groups is 1. The molecule has 0 unspecified atom stereocenters. The monoisotopic (exact) mass is 566 g/mol. The van der Waals surface area contributed by atoms with Crippen LogP contribution in [-0.2, 0) is 36.0 Å². The van der Waals surface area contributed by atoms with Crippen LogP contribution in [0.4, 0.5) is 11.4 Å². The molecule has 0 heterocycles. The van der Waals surface area contributed by atoms with Crippen molar-refractivity contribution < 1.29 is 45.7 Å². The molecule has 4 aromatic rings. The Bertz CT molecular complexity index is 1770. The molecule has 0 spiro atoms. The molecule has 37 heavy (non-hydrogen) atoms. The number of phenolic OH excluding ortho intramolecular Hbond substituents is 1. The minimum absolute atomic E-state index is 0.138. The van der Waals surface area contributed by atoms with Crippen molar-refractivity contribution in [1.82, 2.24) is 0 Å². The van der Waals surface area contributed by atoms with Crippen molar-refractivity contribution in [1.29, 1.82) is 0 Å². The van der Waals surface area contributed by atoms with Crippen molar-refractivity contribution >= 4 is 65.2 Å². The number of benzene rings is 4.